The third-order valence-corrected chi connectivity index (χ3v) is 6.84. The molecule has 2 aliphatic heterocycles. The third-order valence-electron chi connectivity index (χ3n) is 6.52. The minimum absolute atomic E-state index is 0.206. The summed E-state index contributed by atoms with van der Waals surface area (Å²) in [6.45, 7) is 6.03. The van der Waals surface area contributed by atoms with Crippen molar-refractivity contribution in [3.05, 3.63) is 52.7 Å². The molecule has 0 aromatic carbocycles. The van der Waals surface area contributed by atoms with Gasteiger partial charge in [-0.1, -0.05) is 18.5 Å². The molecule has 0 saturated carbocycles. The number of H-pyrrole nitrogens is 2. The first-order valence-corrected chi connectivity index (χ1v) is 10.5. The van der Waals surface area contributed by atoms with Crippen LogP contribution in [0.5, 0.6) is 0 Å². The van der Waals surface area contributed by atoms with Crippen LogP contribution >= 0.6 is 11.6 Å². The maximum Gasteiger partial charge on any atom is 0.137 e. The molecule has 4 aromatic rings. The lowest BCUT2D eigenvalue weighted by Crippen LogP contribution is -2.57. The summed E-state index contributed by atoms with van der Waals surface area (Å²) in [5.41, 5.74) is 6.90. The van der Waals surface area contributed by atoms with Crippen molar-refractivity contribution >= 4 is 22.6 Å². The van der Waals surface area contributed by atoms with Gasteiger partial charge in [-0.05, 0) is 30.5 Å². The van der Waals surface area contributed by atoms with Crippen LogP contribution in [-0.4, -0.2) is 47.9 Å². The molecule has 0 atom stereocenters. The van der Waals surface area contributed by atoms with E-state index in [2.05, 4.69) is 55.0 Å². The van der Waals surface area contributed by atoms with Crippen LogP contribution in [0.4, 0.5) is 0 Å². The second-order valence-corrected chi connectivity index (χ2v) is 8.70. The van der Waals surface area contributed by atoms with Crippen molar-refractivity contribution in [1.29, 1.82) is 0 Å². The molecule has 1 spiro atoms. The maximum atomic E-state index is 6.18. The highest BCUT2D eigenvalue weighted by atomic mass is 35.5. The SMILES string of the molecule is CCc1c[nH]c2ncc(-c3cc4n(n3)CCC43CN(Cc4[nH]ncc4Cl)C3)cc12. The molecule has 1 saturated heterocycles. The van der Waals surface area contributed by atoms with E-state index in [1.165, 1.54) is 16.6 Å². The van der Waals surface area contributed by atoms with Gasteiger partial charge in [-0.3, -0.25) is 14.7 Å². The fourth-order valence-corrected chi connectivity index (χ4v) is 5.12. The predicted molar refractivity (Wildman–Crippen MR) is 112 cm³/mol. The first-order valence-electron chi connectivity index (χ1n) is 10.1. The summed E-state index contributed by atoms with van der Waals surface area (Å²) in [6, 6.07) is 4.49. The van der Waals surface area contributed by atoms with Gasteiger partial charge in [0.25, 0.3) is 0 Å². The Hall–Kier alpha value is -2.64. The van der Waals surface area contributed by atoms with E-state index in [9.17, 15) is 0 Å². The topological polar surface area (TPSA) is 78.4 Å². The molecule has 2 N–H and O–H groups in total. The van der Waals surface area contributed by atoms with Crippen LogP contribution in [0.2, 0.25) is 5.02 Å². The lowest BCUT2D eigenvalue weighted by atomic mass is 9.75. The van der Waals surface area contributed by atoms with Crippen LogP contribution in [0.1, 0.15) is 30.3 Å². The van der Waals surface area contributed by atoms with Gasteiger partial charge >= 0.3 is 0 Å². The number of aromatic amines is 2. The molecule has 148 valence electrons. The number of halogens is 1. The molecule has 4 aromatic heterocycles. The summed E-state index contributed by atoms with van der Waals surface area (Å²) in [7, 11) is 0. The Bertz CT molecular complexity index is 1210. The van der Waals surface area contributed by atoms with Crippen molar-refractivity contribution in [2.24, 2.45) is 0 Å². The van der Waals surface area contributed by atoms with Gasteiger partial charge in [0.05, 0.1) is 22.6 Å². The van der Waals surface area contributed by atoms with Crippen LogP contribution in [-0.2, 0) is 24.9 Å². The highest BCUT2D eigenvalue weighted by molar-refractivity contribution is 6.31. The van der Waals surface area contributed by atoms with Crippen molar-refractivity contribution in [2.75, 3.05) is 13.1 Å². The molecule has 8 heteroatoms. The fraction of sp³-hybridized carbons (Fsp3) is 0.381. The Labute approximate surface area is 173 Å². The van der Waals surface area contributed by atoms with Crippen molar-refractivity contribution in [3.63, 3.8) is 0 Å². The van der Waals surface area contributed by atoms with E-state index >= 15 is 0 Å². The largest absolute Gasteiger partial charge is 0.346 e. The standard InChI is InChI=1S/C21H22ClN7/c1-2-13-7-23-20-15(13)5-14(8-24-20)17-6-19-21(3-4-29(19)27-17)11-28(12-21)10-18-16(22)9-25-26-18/h5-9H,2-4,10-12H2,1H3,(H,23,24)(H,25,26). The Morgan fingerprint density at radius 1 is 1.24 bits per heavy atom. The number of likely N-dealkylation sites (tertiary alicyclic amines) is 1. The summed E-state index contributed by atoms with van der Waals surface area (Å²) < 4.78 is 2.19. The quantitative estimate of drug-likeness (QED) is 0.542. The summed E-state index contributed by atoms with van der Waals surface area (Å²) >= 11 is 6.18. The van der Waals surface area contributed by atoms with E-state index < -0.39 is 0 Å². The van der Waals surface area contributed by atoms with E-state index in [1.807, 2.05) is 6.20 Å². The van der Waals surface area contributed by atoms with Crippen molar-refractivity contribution in [1.82, 2.24) is 34.8 Å². The average Bonchev–Trinajstić information content (AvgIpc) is 3.45. The molecule has 29 heavy (non-hydrogen) atoms. The zero-order chi connectivity index (χ0) is 19.6. The van der Waals surface area contributed by atoms with E-state index in [0.717, 1.165) is 61.6 Å². The van der Waals surface area contributed by atoms with Crippen LogP contribution in [0.25, 0.3) is 22.3 Å². The van der Waals surface area contributed by atoms with Crippen molar-refractivity contribution in [3.8, 4) is 11.3 Å². The molecule has 1 fully saturated rings. The number of nitrogens with one attached hydrogen (secondary N) is 2. The fourth-order valence-electron chi connectivity index (χ4n) is 4.97. The lowest BCUT2D eigenvalue weighted by molar-refractivity contribution is 0.0570. The first-order chi connectivity index (χ1) is 14.1. The first kappa shape index (κ1) is 17.2. The van der Waals surface area contributed by atoms with E-state index in [1.54, 1.807) is 6.20 Å². The minimum Gasteiger partial charge on any atom is -0.346 e. The zero-order valence-electron chi connectivity index (χ0n) is 16.2. The number of hydrogen-bond donors (Lipinski definition) is 2. The molecule has 0 bridgehead atoms. The molecule has 0 amide bonds. The Morgan fingerprint density at radius 2 is 2.14 bits per heavy atom. The van der Waals surface area contributed by atoms with Crippen LogP contribution in [0, 0.1) is 0 Å². The lowest BCUT2D eigenvalue weighted by Gasteiger charge is -2.47. The van der Waals surface area contributed by atoms with Gasteiger partial charge in [0.2, 0.25) is 0 Å². The summed E-state index contributed by atoms with van der Waals surface area (Å²) in [5.74, 6) is 0. The second-order valence-electron chi connectivity index (χ2n) is 8.30. The summed E-state index contributed by atoms with van der Waals surface area (Å²) in [5, 5.41) is 13.8. The third kappa shape index (κ3) is 2.57. The minimum atomic E-state index is 0.206. The molecule has 7 nitrogen and oxygen atoms in total. The van der Waals surface area contributed by atoms with Gasteiger partial charge in [-0.25, -0.2) is 4.98 Å². The maximum absolute atomic E-state index is 6.18. The number of aryl methyl sites for hydroxylation is 2. The smallest absolute Gasteiger partial charge is 0.137 e. The average molecular weight is 408 g/mol. The number of fused-ring (bicyclic) bond motifs is 3. The predicted octanol–water partition coefficient (Wildman–Crippen LogP) is 3.52. The molecule has 2 aliphatic rings. The normalized spacial score (nSPS) is 17.9. The van der Waals surface area contributed by atoms with Crippen molar-refractivity contribution in [2.45, 2.75) is 38.3 Å². The highest BCUT2D eigenvalue weighted by Gasteiger charge is 2.49. The number of rotatable bonds is 4. The van der Waals surface area contributed by atoms with Crippen LogP contribution in [0.15, 0.2) is 30.7 Å². The molecule has 0 radical (unpaired) electrons. The van der Waals surface area contributed by atoms with Gasteiger partial charge in [-0.2, -0.15) is 10.2 Å². The Morgan fingerprint density at radius 3 is 2.93 bits per heavy atom. The summed E-state index contributed by atoms with van der Waals surface area (Å²) in [4.78, 5) is 10.3. The van der Waals surface area contributed by atoms with Gasteiger partial charge < -0.3 is 4.98 Å². The molecule has 0 unspecified atom stereocenters. The van der Waals surface area contributed by atoms with Crippen LogP contribution in [0.3, 0.4) is 0 Å². The molecular formula is C21H22ClN7. The van der Waals surface area contributed by atoms with Crippen LogP contribution < -0.4 is 0 Å². The Kier molecular flexibility index (Phi) is 3.67. The van der Waals surface area contributed by atoms with Gasteiger partial charge in [0, 0.05) is 60.6 Å². The molecule has 6 heterocycles. The second kappa shape index (κ2) is 6.18. The zero-order valence-corrected chi connectivity index (χ0v) is 17.0. The monoisotopic (exact) mass is 407 g/mol. The van der Waals surface area contributed by atoms with Gasteiger partial charge in [0.15, 0.2) is 0 Å². The number of aromatic nitrogens is 6. The van der Waals surface area contributed by atoms with Gasteiger partial charge in [0.1, 0.15) is 5.65 Å². The van der Waals surface area contributed by atoms with Crippen molar-refractivity contribution < 1.29 is 0 Å². The molecular weight excluding hydrogens is 386 g/mol. The van der Waals surface area contributed by atoms with E-state index in [0.29, 0.717) is 5.02 Å². The van der Waals surface area contributed by atoms with E-state index in [4.69, 9.17) is 16.7 Å². The summed E-state index contributed by atoms with van der Waals surface area (Å²) in [6.07, 6.45) is 7.79. The molecule has 0 aliphatic carbocycles. The number of hydrogen-bond acceptors (Lipinski definition) is 4. The van der Waals surface area contributed by atoms with Gasteiger partial charge in [-0.15, -0.1) is 0 Å². The highest BCUT2D eigenvalue weighted by Crippen LogP contribution is 2.44. The van der Waals surface area contributed by atoms with E-state index in [-0.39, 0.29) is 5.41 Å². The number of nitrogens with zero attached hydrogens (tertiary/aromatic N) is 5. The Balaban J connectivity index is 1.27. The number of pyridine rings is 1. The molecule has 6 rings (SSSR count).